The van der Waals surface area contributed by atoms with Crippen LogP contribution in [0.25, 0.3) is 0 Å². The first-order chi connectivity index (χ1) is 12.7. The van der Waals surface area contributed by atoms with Crippen LogP contribution in [0.4, 0.5) is 5.69 Å². The van der Waals surface area contributed by atoms with E-state index < -0.39 is 10.0 Å². The van der Waals surface area contributed by atoms with E-state index in [0.29, 0.717) is 11.3 Å². The van der Waals surface area contributed by atoms with Crippen molar-refractivity contribution in [2.24, 2.45) is 0 Å². The average molecular weight is 388 g/mol. The molecule has 0 aliphatic carbocycles. The Morgan fingerprint density at radius 2 is 1.56 bits per heavy atom. The molecule has 0 unspecified atom stereocenters. The molecule has 0 aromatic heterocycles. The zero-order chi connectivity index (χ0) is 20.0. The van der Waals surface area contributed by atoms with Crippen LogP contribution in [-0.2, 0) is 14.8 Å². The Labute approximate surface area is 160 Å². The van der Waals surface area contributed by atoms with Crippen molar-refractivity contribution in [2.75, 3.05) is 12.4 Å². The fraction of sp³-hybridized carbons (Fsp3) is 0.300. The molecule has 6 nitrogen and oxygen atoms in total. The van der Waals surface area contributed by atoms with Gasteiger partial charge in [-0.3, -0.25) is 9.59 Å². The zero-order valence-corrected chi connectivity index (χ0v) is 16.5. The highest BCUT2D eigenvalue weighted by atomic mass is 32.2. The normalized spacial score (nSPS) is 11.6. The number of carbonyl (C=O) groups excluding carboxylic acids is 2. The number of rotatable bonds is 8. The predicted molar refractivity (Wildman–Crippen MR) is 105 cm³/mol. The van der Waals surface area contributed by atoms with Crippen molar-refractivity contribution in [2.45, 2.75) is 37.6 Å². The molecule has 0 spiro atoms. The van der Waals surface area contributed by atoms with Gasteiger partial charge in [-0.25, -0.2) is 8.42 Å². The molecule has 0 bridgehead atoms. The van der Waals surface area contributed by atoms with Crippen LogP contribution in [0.1, 0.15) is 37.0 Å². The molecule has 0 saturated carbocycles. The largest absolute Gasteiger partial charge is 0.326 e. The number of benzene rings is 2. The van der Waals surface area contributed by atoms with Gasteiger partial charge in [-0.1, -0.05) is 30.3 Å². The van der Waals surface area contributed by atoms with Crippen LogP contribution in [0.2, 0.25) is 0 Å². The second-order valence-corrected chi connectivity index (χ2v) is 8.47. The number of Topliss-reactive ketones (excluding diaryl/α,β-unsaturated/α-hetero) is 1. The zero-order valence-electron chi connectivity index (χ0n) is 15.7. The van der Waals surface area contributed by atoms with E-state index in [1.165, 1.54) is 35.6 Å². The summed E-state index contributed by atoms with van der Waals surface area (Å²) in [6.45, 7) is 3.59. The minimum atomic E-state index is -3.56. The second kappa shape index (κ2) is 8.92. The van der Waals surface area contributed by atoms with E-state index in [2.05, 4.69) is 5.32 Å². The van der Waals surface area contributed by atoms with Gasteiger partial charge in [0.25, 0.3) is 0 Å². The standard InChI is InChI=1S/C20H24N2O4S/c1-15(2)22(3)27(25,26)18-11-9-17(10-12-18)21-20(24)14-13-19(23)16-7-5-4-6-8-16/h4-12,15H,13-14H2,1-3H3,(H,21,24). The molecule has 0 aliphatic rings. The average Bonchev–Trinajstić information content (AvgIpc) is 2.66. The van der Waals surface area contributed by atoms with Gasteiger partial charge in [0.15, 0.2) is 5.78 Å². The van der Waals surface area contributed by atoms with Gasteiger partial charge in [0.05, 0.1) is 4.90 Å². The van der Waals surface area contributed by atoms with Crippen LogP contribution in [0.15, 0.2) is 59.5 Å². The minimum absolute atomic E-state index is 0.0594. The van der Waals surface area contributed by atoms with Gasteiger partial charge >= 0.3 is 0 Å². The lowest BCUT2D eigenvalue weighted by Gasteiger charge is -2.21. The summed E-state index contributed by atoms with van der Waals surface area (Å²) in [5.41, 5.74) is 1.06. The van der Waals surface area contributed by atoms with Crippen molar-refractivity contribution in [3.8, 4) is 0 Å². The summed E-state index contributed by atoms with van der Waals surface area (Å²) in [6, 6.07) is 14.7. The quantitative estimate of drug-likeness (QED) is 0.703. The van der Waals surface area contributed by atoms with Gasteiger partial charge in [-0.2, -0.15) is 4.31 Å². The summed E-state index contributed by atoms with van der Waals surface area (Å²) in [6.07, 6.45) is 0.172. The molecule has 0 saturated heterocycles. The van der Waals surface area contributed by atoms with E-state index in [9.17, 15) is 18.0 Å². The Morgan fingerprint density at radius 1 is 0.963 bits per heavy atom. The molecular formula is C20H24N2O4S. The fourth-order valence-electron chi connectivity index (χ4n) is 2.37. The van der Waals surface area contributed by atoms with E-state index in [0.717, 1.165) is 0 Å². The second-order valence-electron chi connectivity index (χ2n) is 6.48. The Morgan fingerprint density at radius 3 is 2.11 bits per heavy atom. The van der Waals surface area contributed by atoms with Crippen LogP contribution in [0.5, 0.6) is 0 Å². The molecule has 27 heavy (non-hydrogen) atoms. The highest BCUT2D eigenvalue weighted by Crippen LogP contribution is 2.19. The van der Waals surface area contributed by atoms with Gasteiger partial charge in [0, 0.05) is 37.2 Å². The van der Waals surface area contributed by atoms with E-state index in [-0.39, 0.29) is 35.5 Å². The molecule has 0 aliphatic heterocycles. The predicted octanol–water partition coefficient (Wildman–Crippen LogP) is 3.32. The maximum absolute atomic E-state index is 12.4. The summed E-state index contributed by atoms with van der Waals surface area (Å²) in [4.78, 5) is 24.2. The molecule has 1 amide bonds. The Bertz CT molecular complexity index is 891. The lowest BCUT2D eigenvalue weighted by molar-refractivity contribution is -0.116. The lowest BCUT2D eigenvalue weighted by Crippen LogP contribution is -2.33. The number of anilines is 1. The van der Waals surface area contributed by atoms with Gasteiger partial charge in [0.1, 0.15) is 0 Å². The molecule has 7 heteroatoms. The summed E-state index contributed by atoms with van der Waals surface area (Å²) in [5.74, 6) is -0.391. The third kappa shape index (κ3) is 5.48. The fourth-order valence-corrected chi connectivity index (χ4v) is 3.74. The first kappa shape index (κ1) is 20.8. The van der Waals surface area contributed by atoms with Crippen molar-refractivity contribution in [1.82, 2.24) is 4.31 Å². The number of hydrogen-bond acceptors (Lipinski definition) is 4. The number of sulfonamides is 1. The Balaban J connectivity index is 1.94. The van der Waals surface area contributed by atoms with E-state index in [1.54, 1.807) is 38.1 Å². The maximum atomic E-state index is 12.4. The van der Waals surface area contributed by atoms with E-state index >= 15 is 0 Å². The molecule has 2 aromatic rings. The van der Waals surface area contributed by atoms with Crippen molar-refractivity contribution in [3.05, 3.63) is 60.2 Å². The lowest BCUT2D eigenvalue weighted by atomic mass is 10.1. The van der Waals surface area contributed by atoms with Crippen molar-refractivity contribution in [3.63, 3.8) is 0 Å². The number of carbonyl (C=O) groups is 2. The Hall–Kier alpha value is -2.51. The molecule has 0 fully saturated rings. The van der Waals surface area contributed by atoms with Crippen LogP contribution in [-0.4, -0.2) is 37.5 Å². The van der Waals surface area contributed by atoms with Gasteiger partial charge in [-0.05, 0) is 38.1 Å². The molecule has 0 atom stereocenters. The third-order valence-electron chi connectivity index (χ3n) is 4.22. The molecule has 2 rings (SSSR count). The number of amides is 1. The van der Waals surface area contributed by atoms with Crippen molar-refractivity contribution in [1.29, 1.82) is 0 Å². The van der Waals surface area contributed by atoms with Crippen LogP contribution >= 0.6 is 0 Å². The van der Waals surface area contributed by atoms with Crippen molar-refractivity contribution < 1.29 is 18.0 Å². The smallest absolute Gasteiger partial charge is 0.243 e. The highest BCUT2D eigenvalue weighted by Gasteiger charge is 2.22. The molecular weight excluding hydrogens is 364 g/mol. The number of hydrogen-bond donors (Lipinski definition) is 1. The van der Waals surface area contributed by atoms with Gasteiger partial charge < -0.3 is 5.32 Å². The van der Waals surface area contributed by atoms with Gasteiger partial charge in [0.2, 0.25) is 15.9 Å². The maximum Gasteiger partial charge on any atom is 0.243 e. The van der Waals surface area contributed by atoms with E-state index in [1.807, 2.05) is 6.07 Å². The van der Waals surface area contributed by atoms with Crippen LogP contribution in [0, 0.1) is 0 Å². The van der Waals surface area contributed by atoms with Crippen LogP contribution < -0.4 is 5.32 Å². The number of nitrogens with zero attached hydrogens (tertiary/aromatic N) is 1. The van der Waals surface area contributed by atoms with Crippen molar-refractivity contribution >= 4 is 27.4 Å². The first-order valence-electron chi connectivity index (χ1n) is 8.68. The molecule has 0 heterocycles. The molecule has 0 radical (unpaired) electrons. The van der Waals surface area contributed by atoms with E-state index in [4.69, 9.17) is 0 Å². The monoisotopic (exact) mass is 388 g/mol. The molecule has 144 valence electrons. The summed E-state index contributed by atoms with van der Waals surface area (Å²) >= 11 is 0. The highest BCUT2D eigenvalue weighted by molar-refractivity contribution is 7.89. The summed E-state index contributed by atoms with van der Waals surface area (Å²) < 4.78 is 26.1. The summed E-state index contributed by atoms with van der Waals surface area (Å²) in [5, 5.41) is 2.68. The van der Waals surface area contributed by atoms with Crippen LogP contribution in [0.3, 0.4) is 0 Å². The molecule has 1 N–H and O–H groups in total. The first-order valence-corrected chi connectivity index (χ1v) is 10.1. The topological polar surface area (TPSA) is 83.6 Å². The van der Waals surface area contributed by atoms with Gasteiger partial charge in [-0.15, -0.1) is 0 Å². The number of ketones is 1. The summed E-state index contributed by atoms with van der Waals surface area (Å²) in [7, 11) is -2.03. The Kier molecular flexibility index (Phi) is 6.87. The minimum Gasteiger partial charge on any atom is -0.326 e. The third-order valence-corrected chi connectivity index (χ3v) is 6.26. The molecule has 2 aromatic carbocycles. The SMILES string of the molecule is CC(C)N(C)S(=O)(=O)c1ccc(NC(=O)CCC(=O)c2ccccc2)cc1. The number of nitrogens with one attached hydrogen (secondary N) is 1.